The Kier molecular flexibility index (Phi) is 3.77. The molecule has 0 aliphatic carbocycles. The fourth-order valence-electron chi connectivity index (χ4n) is 2.28. The third-order valence-corrected chi connectivity index (χ3v) is 5.93. The zero-order valence-corrected chi connectivity index (χ0v) is 12.8. The molecular weight excluding hydrogens is 308 g/mol. The van der Waals surface area contributed by atoms with Crippen LogP contribution in [0.5, 0.6) is 0 Å². The molecule has 5 nitrogen and oxygen atoms in total. The number of nitrogens with one attached hydrogen (secondary N) is 1. The zero-order chi connectivity index (χ0) is 14.9. The molecule has 21 heavy (non-hydrogen) atoms. The molecule has 0 saturated carbocycles. The Hall–Kier alpha value is -1.73. The fraction of sp³-hybridized carbons (Fsp3) is 0.286. The average molecular weight is 322 g/mol. The second-order valence-electron chi connectivity index (χ2n) is 4.99. The van der Waals surface area contributed by atoms with Crippen molar-refractivity contribution < 1.29 is 13.2 Å². The number of benzene rings is 1. The Bertz CT molecular complexity index is 754. The Morgan fingerprint density at radius 3 is 2.71 bits per heavy atom. The Labute approximate surface area is 127 Å². The van der Waals surface area contributed by atoms with E-state index in [9.17, 15) is 13.2 Å². The lowest BCUT2D eigenvalue weighted by Gasteiger charge is -2.06. The van der Waals surface area contributed by atoms with Crippen LogP contribution in [0.2, 0.25) is 0 Å². The summed E-state index contributed by atoms with van der Waals surface area (Å²) in [6, 6.07) is 9.68. The van der Waals surface area contributed by atoms with Crippen LogP contribution in [0.25, 0.3) is 11.3 Å². The van der Waals surface area contributed by atoms with Crippen LogP contribution in [0.1, 0.15) is 6.42 Å². The highest BCUT2D eigenvalue weighted by atomic mass is 32.2. The molecule has 1 fully saturated rings. The van der Waals surface area contributed by atoms with Crippen molar-refractivity contribution in [3.63, 3.8) is 0 Å². The van der Waals surface area contributed by atoms with E-state index in [0.717, 1.165) is 11.3 Å². The van der Waals surface area contributed by atoms with Crippen LogP contribution in [0.4, 0.5) is 5.13 Å². The number of carbonyl (C=O) groups excluding carboxylic acids is 1. The third kappa shape index (κ3) is 3.30. The number of rotatable bonds is 3. The first kappa shape index (κ1) is 14.2. The summed E-state index contributed by atoms with van der Waals surface area (Å²) in [5.41, 5.74) is 1.78. The van der Waals surface area contributed by atoms with Gasteiger partial charge in [-0.05, 0) is 6.42 Å². The predicted molar refractivity (Wildman–Crippen MR) is 82.9 cm³/mol. The molecule has 0 bridgehead atoms. The summed E-state index contributed by atoms with van der Waals surface area (Å²) in [6.07, 6.45) is 0.394. The highest BCUT2D eigenvalue weighted by Gasteiger charge is 2.33. The van der Waals surface area contributed by atoms with E-state index in [-0.39, 0.29) is 17.4 Å². The Morgan fingerprint density at radius 2 is 2.05 bits per heavy atom. The molecule has 1 amide bonds. The van der Waals surface area contributed by atoms with Crippen LogP contribution >= 0.6 is 11.3 Å². The minimum absolute atomic E-state index is 0.0598. The van der Waals surface area contributed by atoms with Crippen LogP contribution in [0.3, 0.4) is 0 Å². The quantitative estimate of drug-likeness (QED) is 0.940. The molecule has 1 atom stereocenters. The van der Waals surface area contributed by atoms with Gasteiger partial charge in [-0.15, -0.1) is 11.3 Å². The number of hydrogen-bond acceptors (Lipinski definition) is 5. The molecule has 1 aliphatic rings. The van der Waals surface area contributed by atoms with E-state index in [4.69, 9.17) is 0 Å². The lowest BCUT2D eigenvalue weighted by molar-refractivity contribution is -0.119. The summed E-state index contributed by atoms with van der Waals surface area (Å²) >= 11 is 1.34. The first-order chi connectivity index (χ1) is 10.0. The number of carbonyl (C=O) groups is 1. The monoisotopic (exact) mass is 322 g/mol. The minimum atomic E-state index is -3.05. The van der Waals surface area contributed by atoms with Gasteiger partial charge in [0.05, 0.1) is 23.1 Å². The highest BCUT2D eigenvalue weighted by molar-refractivity contribution is 7.91. The summed E-state index contributed by atoms with van der Waals surface area (Å²) < 4.78 is 22.8. The molecule has 1 aliphatic heterocycles. The van der Waals surface area contributed by atoms with E-state index < -0.39 is 15.8 Å². The lowest BCUT2D eigenvalue weighted by atomic mass is 10.1. The minimum Gasteiger partial charge on any atom is -0.302 e. The zero-order valence-electron chi connectivity index (χ0n) is 11.2. The van der Waals surface area contributed by atoms with Crippen molar-refractivity contribution in [2.24, 2.45) is 5.92 Å². The van der Waals surface area contributed by atoms with E-state index in [1.165, 1.54) is 11.3 Å². The SMILES string of the molecule is O=C(Nc1nc(-c2ccccc2)cs1)C1CCS(=O)(=O)C1. The molecule has 1 saturated heterocycles. The molecular formula is C14H14N2O3S2. The second-order valence-corrected chi connectivity index (χ2v) is 8.08. The number of amides is 1. The molecule has 0 spiro atoms. The molecule has 1 unspecified atom stereocenters. The molecule has 0 radical (unpaired) electrons. The van der Waals surface area contributed by atoms with Crippen LogP contribution in [-0.2, 0) is 14.6 Å². The normalized spacial score (nSPS) is 20.3. The molecule has 1 aromatic carbocycles. The third-order valence-electron chi connectivity index (χ3n) is 3.41. The molecule has 7 heteroatoms. The maximum atomic E-state index is 12.0. The van der Waals surface area contributed by atoms with Gasteiger partial charge in [0.15, 0.2) is 15.0 Å². The maximum Gasteiger partial charge on any atom is 0.230 e. The van der Waals surface area contributed by atoms with Gasteiger partial charge in [-0.2, -0.15) is 0 Å². The summed E-state index contributed by atoms with van der Waals surface area (Å²) in [4.78, 5) is 16.4. The standard InChI is InChI=1S/C14H14N2O3S2/c17-13(11-6-7-21(18,19)9-11)16-14-15-12(8-20-14)10-4-2-1-3-5-10/h1-5,8,11H,6-7,9H2,(H,15,16,17). The van der Waals surface area contributed by atoms with Crippen molar-refractivity contribution in [3.8, 4) is 11.3 Å². The maximum absolute atomic E-state index is 12.0. The van der Waals surface area contributed by atoms with Crippen LogP contribution in [0.15, 0.2) is 35.7 Å². The Morgan fingerprint density at radius 1 is 1.29 bits per heavy atom. The number of sulfone groups is 1. The summed E-state index contributed by atoms with van der Waals surface area (Å²) in [6.45, 7) is 0. The van der Waals surface area contributed by atoms with E-state index in [1.54, 1.807) is 0 Å². The van der Waals surface area contributed by atoms with Crippen molar-refractivity contribution in [2.75, 3.05) is 16.8 Å². The summed E-state index contributed by atoms with van der Waals surface area (Å²) in [7, 11) is -3.05. The number of thiazole rings is 1. The van der Waals surface area contributed by atoms with Crippen LogP contribution < -0.4 is 5.32 Å². The predicted octanol–water partition coefficient (Wildman–Crippen LogP) is 2.18. The van der Waals surface area contributed by atoms with Gasteiger partial charge in [0.2, 0.25) is 5.91 Å². The summed E-state index contributed by atoms with van der Waals surface area (Å²) in [5.74, 6) is -0.683. The van der Waals surface area contributed by atoms with Crippen molar-refractivity contribution in [1.82, 2.24) is 4.98 Å². The largest absolute Gasteiger partial charge is 0.302 e. The lowest BCUT2D eigenvalue weighted by Crippen LogP contribution is -2.23. The van der Waals surface area contributed by atoms with Gasteiger partial charge in [-0.3, -0.25) is 4.79 Å². The topological polar surface area (TPSA) is 76.1 Å². The fourth-order valence-corrected chi connectivity index (χ4v) is 4.75. The van der Waals surface area contributed by atoms with Gasteiger partial charge in [0.25, 0.3) is 0 Å². The van der Waals surface area contributed by atoms with Gasteiger partial charge >= 0.3 is 0 Å². The van der Waals surface area contributed by atoms with E-state index in [1.807, 2.05) is 35.7 Å². The van der Waals surface area contributed by atoms with Crippen LogP contribution in [0, 0.1) is 5.92 Å². The molecule has 3 rings (SSSR count). The van der Waals surface area contributed by atoms with Gasteiger partial charge in [0, 0.05) is 10.9 Å². The smallest absolute Gasteiger partial charge is 0.230 e. The van der Waals surface area contributed by atoms with Gasteiger partial charge < -0.3 is 5.32 Å². The van der Waals surface area contributed by atoms with E-state index in [0.29, 0.717) is 11.6 Å². The van der Waals surface area contributed by atoms with Crippen molar-refractivity contribution in [1.29, 1.82) is 0 Å². The van der Waals surface area contributed by atoms with Crippen LogP contribution in [-0.4, -0.2) is 30.8 Å². The first-order valence-corrected chi connectivity index (χ1v) is 9.26. The van der Waals surface area contributed by atoms with E-state index in [2.05, 4.69) is 10.3 Å². The number of anilines is 1. The van der Waals surface area contributed by atoms with Crippen molar-refractivity contribution >= 4 is 32.2 Å². The van der Waals surface area contributed by atoms with Crippen molar-refractivity contribution in [3.05, 3.63) is 35.7 Å². The number of aromatic nitrogens is 1. The van der Waals surface area contributed by atoms with Gasteiger partial charge in [-0.25, -0.2) is 13.4 Å². The molecule has 2 aromatic rings. The van der Waals surface area contributed by atoms with Gasteiger partial charge in [0.1, 0.15) is 0 Å². The molecule has 2 heterocycles. The second kappa shape index (κ2) is 5.57. The molecule has 1 aromatic heterocycles. The number of hydrogen-bond donors (Lipinski definition) is 1. The summed E-state index contributed by atoms with van der Waals surface area (Å²) in [5, 5.41) is 5.09. The number of nitrogens with zero attached hydrogens (tertiary/aromatic N) is 1. The highest BCUT2D eigenvalue weighted by Crippen LogP contribution is 2.26. The Balaban J connectivity index is 1.69. The van der Waals surface area contributed by atoms with Crippen molar-refractivity contribution in [2.45, 2.75) is 6.42 Å². The van der Waals surface area contributed by atoms with Gasteiger partial charge in [-0.1, -0.05) is 30.3 Å². The first-order valence-electron chi connectivity index (χ1n) is 6.56. The average Bonchev–Trinajstić information content (AvgIpc) is 3.06. The molecule has 110 valence electrons. The van der Waals surface area contributed by atoms with E-state index >= 15 is 0 Å². The molecule has 1 N–H and O–H groups in total.